The summed E-state index contributed by atoms with van der Waals surface area (Å²) in [7, 11) is 0. The van der Waals surface area contributed by atoms with Crippen LogP contribution < -0.4 is 10.6 Å². The van der Waals surface area contributed by atoms with Crippen molar-refractivity contribution < 1.29 is 29.0 Å². The zero-order valence-electron chi connectivity index (χ0n) is 25.3. The van der Waals surface area contributed by atoms with Gasteiger partial charge in [0.25, 0.3) is 0 Å². The van der Waals surface area contributed by atoms with Crippen LogP contribution in [0.1, 0.15) is 77.1 Å². The summed E-state index contributed by atoms with van der Waals surface area (Å²) in [4.78, 5) is 53.9. The molecule has 10 heteroatoms. The number of thiophene rings is 1. The van der Waals surface area contributed by atoms with Crippen LogP contribution >= 0.6 is 23.1 Å². The highest BCUT2D eigenvalue weighted by molar-refractivity contribution is 8.00. The van der Waals surface area contributed by atoms with Gasteiger partial charge in [-0.25, -0.2) is 4.79 Å². The fourth-order valence-electron chi connectivity index (χ4n) is 5.90. The van der Waals surface area contributed by atoms with Gasteiger partial charge in [-0.2, -0.15) is 0 Å². The van der Waals surface area contributed by atoms with Crippen molar-refractivity contribution in [2.75, 3.05) is 17.2 Å². The minimum absolute atomic E-state index is 0.251. The number of thioether (sulfide) groups is 1. The summed E-state index contributed by atoms with van der Waals surface area (Å²) in [5, 5.41) is 15.5. The number of fused-ring (bicyclic) bond motifs is 1. The number of anilines is 2. The molecule has 2 amide bonds. The van der Waals surface area contributed by atoms with E-state index in [9.17, 15) is 24.3 Å². The smallest absolute Gasteiger partial charge is 0.341 e. The molecular formula is C35H38N2O6S2. The number of benzene rings is 2. The minimum atomic E-state index is -0.982. The highest BCUT2D eigenvalue weighted by Crippen LogP contribution is 2.41. The van der Waals surface area contributed by atoms with Crippen molar-refractivity contribution in [2.45, 2.75) is 68.4 Å². The van der Waals surface area contributed by atoms with Gasteiger partial charge in [0.2, 0.25) is 11.8 Å². The average molecular weight is 647 g/mol. The monoisotopic (exact) mass is 646 g/mol. The average Bonchev–Trinajstić information content (AvgIpc) is 3.35. The first kappa shape index (κ1) is 32.5. The molecule has 5 rings (SSSR count). The van der Waals surface area contributed by atoms with E-state index in [0.29, 0.717) is 29.1 Å². The Labute approximate surface area is 271 Å². The van der Waals surface area contributed by atoms with Crippen LogP contribution in [0.4, 0.5) is 10.7 Å². The number of ether oxygens (including phenoxy) is 1. The summed E-state index contributed by atoms with van der Waals surface area (Å²) in [5.74, 6) is -3.42. The van der Waals surface area contributed by atoms with E-state index < -0.39 is 29.0 Å². The lowest BCUT2D eigenvalue weighted by molar-refractivity contribution is -0.146. The number of aryl methyl sites for hydroxylation is 1. The fraction of sp³-hybridized carbons (Fsp3) is 0.371. The molecule has 0 radical (unpaired) electrons. The van der Waals surface area contributed by atoms with Crippen LogP contribution in [0.2, 0.25) is 0 Å². The predicted molar refractivity (Wildman–Crippen MR) is 178 cm³/mol. The van der Waals surface area contributed by atoms with Crippen molar-refractivity contribution in [1.82, 2.24) is 0 Å². The molecular weight excluding hydrogens is 609 g/mol. The maximum atomic E-state index is 14.1. The van der Waals surface area contributed by atoms with Crippen LogP contribution in [0.15, 0.2) is 71.6 Å². The minimum Gasteiger partial charge on any atom is -0.481 e. The first-order chi connectivity index (χ1) is 21.9. The van der Waals surface area contributed by atoms with E-state index in [1.807, 2.05) is 42.5 Å². The fourth-order valence-corrected chi connectivity index (χ4v) is 8.26. The van der Waals surface area contributed by atoms with Crippen LogP contribution in [0.3, 0.4) is 0 Å². The molecule has 0 bridgehead atoms. The third-order valence-corrected chi connectivity index (χ3v) is 10.6. The van der Waals surface area contributed by atoms with Crippen molar-refractivity contribution in [3.05, 3.63) is 88.3 Å². The molecule has 0 fully saturated rings. The summed E-state index contributed by atoms with van der Waals surface area (Å²) < 4.78 is 5.44. The molecule has 0 aliphatic heterocycles. The highest BCUT2D eigenvalue weighted by Gasteiger charge is 2.34. The number of nitrogens with one attached hydrogen (secondary N) is 2. The second-order valence-corrected chi connectivity index (χ2v) is 13.5. The molecule has 8 nitrogen and oxygen atoms in total. The zero-order valence-corrected chi connectivity index (χ0v) is 26.9. The SMILES string of the molecule is CCOC(=O)c1c(NC(=O)C(Sc2cccc(NC(=O)C3CC=CCC3C(=O)O)c2)c2ccccc2)sc2c1CCCCCC2. The van der Waals surface area contributed by atoms with Crippen LogP contribution in [-0.4, -0.2) is 35.5 Å². The molecule has 1 heterocycles. The Kier molecular flexibility index (Phi) is 11.1. The Balaban J connectivity index is 1.39. The summed E-state index contributed by atoms with van der Waals surface area (Å²) >= 11 is 2.81. The number of carbonyl (C=O) groups excluding carboxylic acids is 3. The second kappa shape index (κ2) is 15.4. The number of hydrogen-bond donors (Lipinski definition) is 3. The van der Waals surface area contributed by atoms with Gasteiger partial charge in [-0.15, -0.1) is 23.1 Å². The largest absolute Gasteiger partial charge is 0.481 e. The van der Waals surface area contributed by atoms with Crippen LogP contribution in [0.25, 0.3) is 0 Å². The molecule has 0 saturated heterocycles. The maximum absolute atomic E-state index is 14.1. The Morgan fingerprint density at radius 1 is 0.933 bits per heavy atom. The van der Waals surface area contributed by atoms with Gasteiger partial charge in [-0.05, 0) is 74.8 Å². The zero-order chi connectivity index (χ0) is 31.8. The van der Waals surface area contributed by atoms with E-state index in [-0.39, 0.29) is 18.4 Å². The van der Waals surface area contributed by atoms with Gasteiger partial charge in [0.1, 0.15) is 10.3 Å². The standard InChI is InChI=1S/C35H38N2O6S2/c1-2-43-35(42)29-27-19-8-3-4-9-20-28(27)45-33(29)37-32(39)30(22-13-6-5-7-14-22)44-24-16-12-15-23(21-24)36-31(38)25-17-10-11-18-26(25)34(40)41/h5-7,10-16,21,25-26,30H,2-4,8-9,17-20H2,1H3,(H,36,38)(H,37,39)(H,40,41). The highest BCUT2D eigenvalue weighted by atomic mass is 32.2. The maximum Gasteiger partial charge on any atom is 0.341 e. The van der Waals surface area contributed by atoms with E-state index >= 15 is 0 Å². The Bertz CT molecular complexity index is 1570. The molecule has 3 unspecified atom stereocenters. The second-order valence-electron chi connectivity index (χ2n) is 11.3. The molecule has 2 aliphatic carbocycles. The summed E-state index contributed by atoms with van der Waals surface area (Å²) in [6.45, 7) is 2.03. The number of carboxylic acids is 1. The summed E-state index contributed by atoms with van der Waals surface area (Å²) in [6, 6.07) is 16.6. The summed E-state index contributed by atoms with van der Waals surface area (Å²) in [6.07, 6.45) is 10.3. The lowest BCUT2D eigenvalue weighted by Gasteiger charge is -2.24. The van der Waals surface area contributed by atoms with Gasteiger partial charge in [-0.3, -0.25) is 14.4 Å². The number of allylic oxidation sites excluding steroid dienone is 2. The van der Waals surface area contributed by atoms with Gasteiger partial charge in [0.15, 0.2) is 0 Å². The Morgan fingerprint density at radius 2 is 1.67 bits per heavy atom. The number of hydrogen-bond acceptors (Lipinski definition) is 7. The lowest BCUT2D eigenvalue weighted by Crippen LogP contribution is -2.34. The number of esters is 1. The molecule has 3 atom stereocenters. The van der Waals surface area contributed by atoms with E-state index in [1.54, 1.807) is 31.2 Å². The van der Waals surface area contributed by atoms with Gasteiger partial charge < -0.3 is 20.5 Å². The van der Waals surface area contributed by atoms with Crippen molar-refractivity contribution in [3.63, 3.8) is 0 Å². The molecule has 236 valence electrons. The molecule has 2 aromatic carbocycles. The first-order valence-corrected chi connectivity index (χ1v) is 17.2. The van der Waals surface area contributed by atoms with Gasteiger partial charge in [0, 0.05) is 15.5 Å². The molecule has 3 N–H and O–H groups in total. The van der Waals surface area contributed by atoms with Crippen molar-refractivity contribution in [1.29, 1.82) is 0 Å². The number of aliphatic carboxylic acids is 1. The van der Waals surface area contributed by atoms with Gasteiger partial charge >= 0.3 is 11.9 Å². The third kappa shape index (κ3) is 8.04. The molecule has 0 spiro atoms. The predicted octanol–water partition coefficient (Wildman–Crippen LogP) is 7.66. The summed E-state index contributed by atoms with van der Waals surface area (Å²) in [5.41, 5.74) is 2.80. The molecule has 2 aliphatic rings. The van der Waals surface area contributed by atoms with Crippen LogP contribution in [-0.2, 0) is 32.0 Å². The molecule has 0 saturated carbocycles. The van der Waals surface area contributed by atoms with Crippen LogP contribution in [0, 0.1) is 11.8 Å². The van der Waals surface area contributed by atoms with Crippen LogP contribution in [0.5, 0.6) is 0 Å². The first-order valence-electron chi connectivity index (χ1n) is 15.5. The quantitative estimate of drug-likeness (QED) is 0.117. The Morgan fingerprint density at radius 3 is 2.40 bits per heavy atom. The molecule has 1 aromatic heterocycles. The van der Waals surface area contributed by atoms with E-state index in [4.69, 9.17) is 4.74 Å². The third-order valence-electron chi connectivity index (χ3n) is 8.17. The van der Waals surface area contributed by atoms with Crippen molar-refractivity contribution >= 4 is 57.5 Å². The van der Waals surface area contributed by atoms with Gasteiger partial charge in [-0.1, -0.05) is 61.4 Å². The molecule has 3 aromatic rings. The van der Waals surface area contributed by atoms with E-state index in [0.717, 1.165) is 59.4 Å². The van der Waals surface area contributed by atoms with E-state index in [1.165, 1.54) is 23.1 Å². The number of carbonyl (C=O) groups is 4. The number of rotatable bonds is 10. The van der Waals surface area contributed by atoms with Crippen molar-refractivity contribution in [2.24, 2.45) is 11.8 Å². The Hall–Kier alpha value is -3.89. The topological polar surface area (TPSA) is 122 Å². The van der Waals surface area contributed by atoms with Gasteiger partial charge in [0.05, 0.1) is 24.0 Å². The number of carboxylic acid groups (broad SMARTS) is 1. The molecule has 45 heavy (non-hydrogen) atoms. The lowest BCUT2D eigenvalue weighted by atomic mass is 9.82. The normalized spacial score (nSPS) is 18.5. The van der Waals surface area contributed by atoms with E-state index in [2.05, 4.69) is 10.6 Å². The number of amides is 2. The van der Waals surface area contributed by atoms with Crippen molar-refractivity contribution in [3.8, 4) is 0 Å².